The highest BCUT2D eigenvalue weighted by molar-refractivity contribution is 9.10. The molecule has 1 aliphatic rings. The lowest BCUT2D eigenvalue weighted by Crippen LogP contribution is -2.31. The lowest BCUT2D eigenvalue weighted by atomic mass is 9.84. The summed E-state index contributed by atoms with van der Waals surface area (Å²) in [5, 5.41) is 7.71. The number of nitrogens with zero attached hydrogens (tertiary/aromatic N) is 2. The lowest BCUT2D eigenvalue weighted by Gasteiger charge is -2.29. The van der Waals surface area contributed by atoms with E-state index in [2.05, 4.69) is 33.3 Å². The van der Waals surface area contributed by atoms with E-state index in [4.69, 9.17) is 0 Å². The molecule has 0 radical (unpaired) electrons. The van der Waals surface area contributed by atoms with Crippen LogP contribution in [0.1, 0.15) is 58.9 Å². The molecule has 0 amide bonds. The normalized spacial score (nSPS) is 18.2. The van der Waals surface area contributed by atoms with Crippen molar-refractivity contribution in [2.24, 2.45) is 5.92 Å². The monoisotopic (exact) mass is 341 g/mol. The van der Waals surface area contributed by atoms with Gasteiger partial charge in [0.25, 0.3) is 5.56 Å². The molecule has 0 saturated heterocycles. The Labute approximate surface area is 129 Å². The Bertz CT molecular complexity index is 506. The van der Waals surface area contributed by atoms with Crippen LogP contribution in [-0.2, 0) is 0 Å². The van der Waals surface area contributed by atoms with Crippen LogP contribution in [0.5, 0.6) is 0 Å². The van der Waals surface area contributed by atoms with Crippen molar-refractivity contribution in [1.29, 1.82) is 0 Å². The fourth-order valence-corrected chi connectivity index (χ4v) is 3.31. The summed E-state index contributed by atoms with van der Waals surface area (Å²) in [5.41, 5.74) is 0.741. The average molecular weight is 342 g/mol. The zero-order chi connectivity index (χ0) is 14.7. The fraction of sp³-hybridized carbons (Fsp3) is 0.733. The van der Waals surface area contributed by atoms with Gasteiger partial charge in [-0.3, -0.25) is 4.79 Å². The van der Waals surface area contributed by atoms with Gasteiger partial charge in [0, 0.05) is 6.04 Å². The molecule has 0 aliphatic heterocycles. The molecule has 1 fully saturated rings. The quantitative estimate of drug-likeness (QED) is 0.901. The van der Waals surface area contributed by atoms with Crippen LogP contribution in [0.3, 0.4) is 0 Å². The molecule has 1 heterocycles. The Hall–Kier alpha value is -0.840. The maximum atomic E-state index is 12.2. The minimum absolute atomic E-state index is 0.0687. The fourth-order valence-electron chi connectivity index (χ4n) is 2.91. The summed E-state index contributed by atoms with van der Waals surface area (Å²) in [6.07, 6.45) is 8.32. The molecule has 20 heavy (non-hydrogen) atoms. The number of rotatable bonds is 4. The number of aromatic nitrogens is 2. The second-order valence-electron chi connectivity index (χ2n) is 6.05. The Morgan fingerprint density at radius 1 is 1.30 bits per heavy atom. The van der Waals surface area contributed by atoms with Crippen molar-refractivity contribution in [2.75, 3.05) is 5.32 Å². The van der Waals surface area contributed by atoms with Crippen molar-refractivity contribution in [2.45, 2.75) is 65.0 Å². The second kappa shape index (κ2) is 6.74. The van der Waals surface area contributed by atoms with E-state index in [1.165, 1.54) is 36.8 Å². The Kier molecular flexibility index (Phi) is 5.24. The summed E-state index contributed by atoms with van der Waals surface area (Å²) in [6.45, 7) is 6.12. The van der Waals surface area contributed by atoms with Gasteiger partial charge in [0.1, 0.15) is 4.47 Å². The second-order valence-corrected chi connectivity index (χ2v) is 6.84. The molecule has 0 spiro atoms. The van der Waals surface area contributed by atoms with E-state index in [-0.39, 0.29) is 11.6 Å². The third-order valence-corrected chi connectivity index (χ3v) is 4.94. The highest BCUT2D eigenvalue weighted by Crippen LogP contribution is 2.29. The topological polar surface area (TPSA) is 46.9 Å². The van der Waals surface area contributed by atoms with Crippen molar-refractivity contribution in [3.05, 3.63) is 21.0 Å². The van der Waals surface area contributed by atoms with Crippen molar-refractivity contribution in [1.82, 2.24) is 9.78 Å². The molecule has 5 heteroatoms. The van der Waals surface area contributed by atoms with Crippen molar-refractivity contribution < 1.29 is 0 Å². The summed E-state index contributed by atoms with van der Waals surface area (Å²) in [6, 6.07) is 0.450. The molecule has 1 atom stereocenters. The Balaban J connectivity index is 2.13. The summed E-state index contributed by atoms with van der Waals surface area (Å²) in [4.78, 5) is 12.2. The minimum Gasteiger partial charge on any atom is -0.380 e. The van der Waals surface area contributed by atoms with Crippen molar-refractivity contribution >= 4 is 21.6 Å². The van der Waals surface area contributed by atoms with E-state index in [0.717, 1.165) is 5.69 Å². The molecule has 1 unspecified atom stereocenters. The molecule has 1 aromatic heterocycles. The highest BCUT2D eigenvalue weighted by Gasteiger charge is 2.21. The van der Waals surface area contributed by atoms with Crippen LogP contribution in [-0.4, -0.2) is 15.8 Å². The van der Waals surface area contributed by atoms with E-state index < -0.39 is 0 Å². The Morgan fingerprint density at radius 3 is 2.55 bits per heavy atom. The zero-order valence-electron chi connectivity index (χ0n) is 12.5. The van der Waals surface area contributed by atoms with Gasteiger partial charge >= 0.3 is 0 Å². The maximum Gasteiger partial charge on any atom is 0.283 e. The molecule has 4 nitrogen and oxygen atoms in total. The van der Waals surface area contributed by atoms with E-state index in [1.807, 2.05) is 13.8 Å². The molecule has 1 N–H and O–H groups in total. The smallest absolute Gasteiger partial charge is 0.283 e. The van der Waals surface area contributed by atoms with Gasteiger partial charge in [0.15, 0.2) is 0 Å². The number of hydrogen-bond acceptors (Lipinski definition) is 3. The first-order valence-electron chi connectivity index (χ1n) is 7.54. The first-order chi connectivity index (χ1) is 9.50. The van der Waals surface area contributed by atoms with Crippen LogP contribution in [0.15, 0.2) is 15.5 Å². The standard InChI is InChI=1S/C15H24BrN3O/c1-10(2)19-15(20)14(16)13(9-17-19)18-11(3)12-7-5-4-6-8-12/h9-12,18H,4-8H2,1-3H3. The molecule has 0 bridgehead atoms. The van der Waals surface area contributed by atoms with Crippen LogP contribution in [0.25, 0.3) is 0 Å². The maximum absolute atomic E-state index is 12.2. The first-order valence-corrected chi connectivity index (χ1v) is 8.34. The van der Waals surface area contributed by atoms with Gasteiger partial charge in [0.2, 0.25) is 0 Å². The van der Waals surface area contributed by atoms with Crippen LogP contribution in [0.2, 0.25) is 0 Å². The largest absolute Gasteiger partial charge is 0.380 e. The number of anilines is 1. The number of halogens is 1. The molecule has 1 aliphatic carbocycles. The molecule has 1 aromatic rings. The van der Waals surface area contributed by atoms with Gasteiger partial charge < -0.3 is 5.32 Å². The van der Waals surface area contributed by atoms with Crippen LogP contribution in [0.4, 0.5) is 5.69 Å². The summed E-state index contributed by atoms with van der Waals surface area (Å²) in [5.74, 6) is 0.697. The molecule has 1 saturated carbocycles. The Morgan fingerprint density at radius 2 is 1.95 bits per heavy atom. The highest BCUT2D eigenvalue weighted by atomic mass is 79.9. The van der Waals surface area contributed by atoms with Crippen LogP contribution >= 0.6 is 15.9 Å². The minimum atomic E-state index is -0.0687. The molecular formula is C15H24BrN3O. The van der Waals surface area contributed by atoms with Gasteiger partial charge in [0.05, 0.1) is 17.9 Å². The van der Waals surface area contributed by atoms with Crippen LogP contribution in [0, 0.1) is 5.92 Å². The summed E-state index contributed by atoms with van der Waals surface area (Å²) < 4.78 is 2.09. The third-order valence-electron chi connectivity index (χ3n) is 4.17. The van der Waals surface area contributed by atoms with Gasteiger partial charge in [-0.25, -0.2) is 4.68 Å². The van der Waals surface area contributed by atoms with E-state index in [1.54, 1.807) is 6.20 Å². The first kappa shape index (κ1) is 15.5. The average Bonchev–Trinajstić information content (AvgIpc) is 2.44. The van der Waals surface area contributed by atoms with Gasteiger partial charge in [-0.1, -0.05) is 19.3 Å². The van der Waals surface area contributed by atoms with Crippen LogP contribution < -0.4 is 10.9 Å². The zero-order valence-corrected chi connectivity index (χ0v) is 14.1. The van der Waals surface area contributed by atoms with E-state index in [0.29, 0.717) is 16.4 Å². The predicted molar refractivity (Wildman–Crippen MR) is 86.2 cm³/mol. The molecular weight excluding hydrogens is 318 g/mol. The third kappa shape index (κ3) is 3.43. The molecule has 0 aromatic carbocycles. The van der Waals surface area contributed by atoms with E-state index >= 15 is 0 Å². The lowest BCUT2D eigenvalue weighted by molar-refractivity contribution is 0.328. The van der Waals surface area contributed by atoms with Gasteiger partial charge in [-0.2, -0.15) is 5.10 Å². The van der Waals surface area contributed by atoms with E-state index in [9.17, 15) is 4.79 Å². The van der Waals surface area contributed by atoms with Gasteiger partial charge in [-0.15, -0.1) is 0 Å². The summed E-state index contributed by atoms with van der Waals surface area (Å²) >= 11 is 3.42. The number of hydrogen-bond donors (Lipinski definition) is 1. The number of nitrogens with one attached hydrogen (secondary N) is 1. The summed E-state index contributed by atoms with van der Waals surface area (Å²) in [7, 11) is 0. The van der Waals surface area contributed by atoms with Gasteiger partial charge in [-0.05, 0) is 55.5 Å². The van der Waals surface area contributed by atoms with Crippen molar-refractivity contribution in [3.63, 3.8) is 0 Å². The molecule has 2 rings (SSSR count). The SMILES string of the molecule is CC(Nc1cnn(C(C)C)c(=O)c1Br)C1CCCCC1. The predicted octanol–water partition coefficient (Wildman–Crippen LogP) is 3.97. The van der Waals surface area contributed by atoms with Crippen molar-refractivity contribution in [3.8, 4) is 0 Å². The molecule has 112 valence electrons.